The van der Waals surface area contributed by atoms with Gasteiger partial charge < -0.3 is 25.0 Å². The van der Waals surface area contributed by atoms with Crippen molar-refractivity contribution in [3.63, 3.8) is 0 Å². The summed E-state index contributed by atoms with van der Waals surface area (Å²) in [5.74, 6) is 0.0582. The van der Waals surface area contributed by atoms with Crippen LogP contribution in [-0.2, 0) is 30.3 Å². The fraction of sp³-hybridized carbons (Fsp3) is 0.688. The molecule has 9 heteroatoms. The Morgan fingerprint density at radius 1 is 1.05 bits per heavy atom. The second-order valence-electron chi connectivity index (χ2n) is 12.4. The van der Waals surface area contributed by atoms with Gasteiger partial charge in [-0.2, -0.15) is 0 Å². The highest BCUT2D eigenvalue weighted by molar-refractivity contribution is 5.98. The Kier molecular flexibility index (Phi) is 10.8. The maximum atomic E-state index is 13.7. The van der Waals surface area contributed by atoms with E-state index in [-0.39, 0.29) is 29.9 Å². The normalized spacial score (nSPS) is 27.0. The Balaban J connectivity index is 1.54. The number of ketones is 1. The first-order chi connectivity index (χ1) is 19.7. The van der Waals surface area contributed by atoms with Crippen LogP contribution in [0.5, 0.6) is 5.75 Å². The quantitative estimate of drug-likeness (QED) is 0.505. The molecule has 4 atom stereocenters. The predicted molar refractivity (Wildman–Crippen MR) is 155 cm³/mol. The first-order valence-electron chi connectivity index (χ1n) is 15.5. The van der Waals surface area contributed by atoms with Crippen molar-refractivity contribution in [2.24, 2.45) is 5.92 Å². The number of hydrogen-bond acceptors (Lipinski definition) is 6. The molecule has 4 heterocycles. The van der Waals surface area contributed by atoms with Crippen molar-refractivity contribution in [2.75, 3.05) is 19.8 Å². The Labute approximate surface area is 244 Å². The number of carbonyl (C=O) groups excluding carboxylic acids is 4. The molecule has 4 aliphatic rings. The van der Waals surface area contributed by atoms with Gasteiger partial charge in [0, 0.05) is 19.4 Å². The number of hydrogen-bond donors (Lipinski definition) is 2. The van der Waals surface area contributed by atoms with E-state index in [0.717, 1.165) is 56.3 Å². The average Bonchev–Trinajstić information content (AvgIpc) is 3.49. The lowest BCUT2D eigenvalue weighted by Gasteiger charge is -2.28. The molecule has 1 aromatic carbocycles. The van der Waals surface area contributed by atoms with Crippen molar-refractivity contribution < 1.29 is 28.7 Å². The molecule has 41 heavy (non-hydrogen) atoms. The number of epoxide rings is 1. The van der Waals surface area contributed by atoms with Crippen LogP contribution in [0.2, 0.25) is 0 Å². The zero-order valence-electron chi connectivity index (χ0n) is 24.9. The van der Waals surface area contributed by atoms with E-state index in [1.807, 2.05) is 38.1 Å². The summed E-state index contributed by atoms with van der Waals surface area (Å²) in [5.41, 5.74) is -0.0112. The van der Waals surface area contributed by atoms with E-state index in [9.17, 15) is 19.2 Å². The summed E-state index contributed by atoms with van der Waals surface area (Å²) in [6.07, 6.45) is 8.53. The van der Waals surface area contributed by atoms with Crippen LogP contribution in [0, 0.1) is 5.92 Å². The van der Waals surface area contributed by atoms with Crippen LogP contribution in [0.25, 0.3) is 0 Å². The van der Waals surface area contributed by atoms with E-state index >= 15 is 0 Å². The number of fused-ring (bicyclic) bond motifs is 14. The van der Waals surface area contributed by atoms with Crippen molar-refractivity contribution in [2.45, 2.75) is 115 Å². The van der Waals surface area contributed by atoms with E-state index in [4.69, 9.17) is 9.47 Å². The summed E-state index contributed by atoms with van der Waals surface area (Å²) in [6, 6.07) is 5.37. The molecule has 2 saturated heterocycles. The molecule has 0 aromatic heterocycles. The SMILES string of the molecule is CC(C)CC(NC(=O)[C@@H]1Cc2ccc(cc2)OCCCCCCCCC(=O)N2CCC[C@H]2C(=O)N1)C(=O)[C@@]1(C)CO1. The summed E-state index contributed by atoms with van der Waals surface area (Å²) >= 11 is 0. The second kappa shape index (κ2) is 14.3. The van der Waals surface area contributed by atoms with Gasteiger partial charge in [-0.05, 0) is 62.6 Å². The number of benzene rings is 1. The zero-order chi connectivity index (χ0) is 29.4. The molecule has 0 radical (unpaired) electrons. The highest BCUT2D eigenvalue weighted by Gasteiger charge is 2.50. The van der Waals surface area contributed by atoms with Crippen LogP contribution in [0.1, 0.15) is 90.5 Å². The monoisotopic (exact) mass is 569 g/mol. The van der Waals surface area contributed by atoms with Crippen molar-refractivity contribution in [1.82, 2.24) is 15.5 Å². The molecular formula is C32H47N3O6. The Bertz CT molecular complexity index is 1070. The predicted octanol–water partition coefficient (Wildman–Crippen LogP) is 3.72. The number of amides is 3. The largest absolute Gasteiger partial charge is 0.494 e. The minimum atomic E-state index is -0.909. The molecule has 1 unspecified atom stereocenters. The third-order valence-electron chi connectivity index (χ3n) is 8.36. The van der Waals surface area contributed by atoms with Gasteiger partial charge in [0.1, 0.15) is 23.4 Å². The Morgan fingerprint density at radius 3 is 2.41 bits per heavy atom. The summed E-state index contributed by atoms with van der Waals surface area (Å²) in [6.45, 7) is 7.28. The third-order valence-corrected chi connectivity index (χ3v) is 8.36. The lowest BCUT2D eigenvalue weighted by Crippen LogP contribution is -2.57. The first kappa shape index (κ1) is 31.0. The van der Waals surface area contributed by atoms with Crippen LogP contribution in [0.15, 0.2) is 24.3 Å². The average molecular weight is 570 g/mol. The summed E-state index contributed by atoms with van der Waals surface area (Å²) in [4.78, 5) is 55.2. The molecule has 0 saturated carbocycles. The van der Waals surface area contributed by atoms with Crippen LogP contribution < -0.4 is 15.4 Å². The van der Waals surface area contributed by atoms with Crippen molar-refractivity contribution >= 4 is 23.5 Å². The van der Waals surface area contributed by atoms with Gasteiger partial charge in [-0.3, -0.25) is 19.2 Å². The summed E-state index contributed by atoms with van der Waals surface area (Å²) < 4.78 is 11.3. The molecule has 2 bridgehead atoms. The standard InChI is InChI=1S/C32H47N3O6/c1-22(2)19-25(29(37)32(3)21-41-32)33-30(38)26-20-23-13-15-24(16-14-23)40-18-9-7-5-4-6-8-12-28(36)35-17-10-11-27(35)31(39)34-26/h13-16,22,25-27H,4-12,17-21H2,1-3H3,(H,33,38)(H,34,39)/t25?,26-,27-,32+/m0/s1. The van der Waals surface area contributed by atoms with Gasteiger partial charge in [0.15, 0.2) is 5.78 Å². The number of nitrogens with zero attached hydrogens (tertiary/aromatic N) is 1. The Hall–Kier alpha value is -2.94. The molecule has 2 fully saturated rings. The zero-order valence-corrected chi connectivity index (χ0v) is 24.9. The number of Topliss-reactive ketones (excluding diaryl/α,β-unsaturated/α-hetero) is 1. The van der Waals surface area contributed by atoms with E-state index in [1.54, 1.807) is 11.8 Å². The van der Waals surface area contributed by atoms with Gasteiger partial charge in [0.25, 0.3) is 0 Å². The van der Waals surface area contributed by atoms with Gasteiger partial charge in [-0.25, -0.2) is 0 Å². The van der Waals surface area contributed by atoms with Gasteiger partial charge in [0.05, 0.1) is 19.3 Å². The molecule has 4 aliphatic heterocycles. The number of rotatable bonds is 6. The lowest BCUT2D eigenvalue weighted by atomic mass is 9.93. The minimum absolute atomic E-state index is 0.00214. The molecule has 0 aliphatic carbocycles. The topological polar surface area (TPSA) is 117 Å². The minimum Gasteiger partial charge on any atom is -0.494 e. The Morgan fingerprint density at radius 2 is 1.73 bits per heavy atom. The van der Waals surface area contributed by atoms with Crippen LogP contribution in [-0.4, -0.2) is 71.9 Å². The number of carbonyl (C=O) groups is 4. The summed E-state index contributed by atoms with van der Waals surface area (Å²) in [5, 5.41) is 5.89. The molecule has 1 aromatic rings. The van der Waals surface area contributed by atoms with Gasteiger partial charge in [-0.1, -0.05) is 51.7 Å². The van der Waals surface area contributed by atoms with E-state index in [0.29, 0.717) is 39.0 Å². The van der Waals surface area contributed by atoms with Crippen molar-refractivity contribution in [3.8, 4) is 5.75 Å². The highest BCUT2D eigenvalue weighted by atomic mass is 16.6. The van der Waals surface area contributed by atoms with Crippen LogP contribution in [0.4, 0.5) is 0 Å². The molecular weight excluding hydrogens is 522 g/mol. The van der Waals surface area contributed by atoms with E-state index in [1.165, 1.54) is 0 Å². The van der Waals surface area contributed by atoms with Crippen LogP contribution >= 0.6 is 0 Å². The maximum absolute atomic E-state index is 13.7. The highest BCUT2D eigenvalue weighted by Crippen LogP contribution is 2.30. The van der Waals surface area contributed by atoms with Crippen molar-refractivity contribution in [3.05, 3.63) is 29.8 Å². The summed E-state index contributed by atoms with van der Waals surface area (Å²) in [7, 11) is 0. The van der Waals surface area contributed by atoms with E-state index in [2.05, 4.69) is 10.6 Å². The van der Waals surface area contributed by atoms with Gasteiger partial charge >= 0.3 is 0 Å². The van der Waals surface area contributed by atoms with Crippen molar-refractivity contribution in [1.29, 1.82) is 0 Å². The second-order valence-corrected chi connectivity index (χ2v) is 12.4. The first-order valence-corrected chi connectivity index (χ1v) is 15.5. The number of ether oxygens (including phenoxy) is 2. The smallest absolute Gasteiger partial charge is 0.243 e. The van der Waals surface area contributed by atoms with E-state index < -0.39 is 29.6 Å². The maximum Gasteiger partial charge on any atom is 0.243 e. The molecule has 226 valence electrons. The molecule has 3 amide bonds. The fourth-order valence-corrected chi connectivity index (χ4v) is 5.79. The molecule has 0 spiro atoms. The van der Waals surface area contributed by atoms with Gasteiger partial charge in [-0.15, -0.1) is 0 Å². The third kappa shape index (κ3) is 8.77. The van der Waals surface area contributed by atoms with Crippen LogP contribution in [0.3, 0.4) is 0 Å². The molecule has 2 N–H and O–H groups in total. The van der Waals surface area contributed by atoms with Gasteiger partial charge in [0.2, 0.25) is 17.7 Å². The molecule has 9 nitrogen and oxygen atoms in total. The lowest BCUT2D eigenvalue weighted by molar-refractivity contribution is -0.140. The molecule has 5 rings (SSSR count). The fourth-order valence-electron chi connectivity index (χ4n) is 5.79. The number of nitrogens with one attached hydrogen (secondary N) is 2.